The fourth-order valence-corrected chi connectivity index (χ4v) is 4.89. The van der Waals surface area contributed by atoms with Gasteiger partial charge in [-0.3, -0.25) is 0 Å². The lowest BCUT2D eigenvalue weighted by Gasteiger charge is -2.30. The van der Waals surface area contributed by atoms with Crippen LogP contribution in [0.5, 0.6) is 0 Å². The molecule has 0 atom stereocenters. The van der Waals surface area contributed by atoms with Gasteiger partial charge in [0.25, 0.3) is 0 Å². The van der Waals surface area contributed by atoms with E-state index < -0.39 is 0 Å². The lowest BCUT2D eigenvalue weighted by molar-refractivity contribution is -0.659. The van der Waals surface area contributed by atoms with Gasteiger partial charge in [-0.2, -0.15) is 0 Å². The predicted molar refractivity (Wildman–Crippen MR) is 141 cm³/mol. The third-order valence-electron chi connectivity index (χ3n) is 6.35. The number of pyridine rings is 1. The molecule has 3 heteroatoms. The lowest BCUT2D eigenvalue weighted by atomic mass is 9.96. The van der Waals surface area contributed by atoms with E-state index in [0.29, 0.717) is 0 Å². The minimum atomic E-state index is 1.10. The summed E-state index contributed by atoms with van der Waals surface area (Å²) in [4.78, 5) is 5.18. The molecule has 172 valence electrons. The van der Waals surface area contributed by atoms with Gasteiger partial charge < -0.3 is 9.80 Å². The molecule has 0 N–H and O–H groups in total. The van der Waals surface area contributed by atoms with Gasteiger partial charge in [0, 0.05) is 43.6 Å². The summed E-state index contributed by atoms with van der Waals surface area (Å²) in [5.41, 5.74) is 6.80. The molecule has 3 nitrogen and oxygen atoms in total. The van der Waals surface area contributed by atoms with E-state index in [1.807, 2.05) is 0 Å². The molecule has 32 heavy (non-hydrogen) atoms. The van der Waals surface area contributed by atoms with E-state index in [0.717, 1.165) is 51.9 Å². The number of benzene rings is 2. The molecule has 0 aliphatic heterocycles. The first-order chi connectivity index (χ1) is 15.5. The van der Waals surface area contributed by atoms with Crippen molar-refractivity contribution in [2.45, 2.75) is 60.3 Å². The van der Waals surface area contributed by atoms with Crippen molar-refractivity contribution >= 4 is 22.1 Å². The van der Waals surface area contributed by atoms with Crippen molar-refractivity contribution in [3.05, 3.63) is 54.2 Å². The molecule has 2 aromatic carbocycles. The Labute approximate surface area is 195 Å². The van der Waals surface area contributed by atoms with Gasteiger partial charge in [-0.1, -0.05) is 45.9 Å². The number of hydrogen-bond acceptors (Lipinski definition) is 2. The van der Waals surface area contributed by atoms with E-state index in [1.54, 1.807) is 0 Å². The molecule has 0 fully saturated rings. The molecule has 1 heterocycles. The quantitative estimate of drug-likeness (QED) is 0.305. The topological polar surface area (TPSA) is 10.4 Å². The fourth-order valence-electron chi connectivity index (χ4n) is 4.89. The first-order valence-electron chi connectivity index (χ1n) is 12.6. The van der Waals surface area contributed by atoms with Crippen LogP contribution in [0.3, 0.4) is 0 Å². The Morgan fingerprint density at radius 3 is 1.97 bits per heavy atom. The molecule has 0 aliphatic rings. The van der Waals surface area contributed by atoms with Gasteiger partial charge in [0.05, 0.1) is 10.9 Å². The number of fused-ring (bicyclic) bond motifs is 1. The minimum Gasteiger partial charge on any atom is -0.371 e. The van der Waals surface area contributed by atoms with Crippen LogP contribution < -0.4 is 14.4 Å². The van der Waals surface area contributed by atoms with E-state index in [2.05, 4.69) is 105 Å². The molecule has 3 aromatic rings. The summed E-state index contributed by atoms with van der Waals surface area (Å²) in [5.74, 6) is 0. The highest BCUT2D eigenvalue weighted by Gasteiger charge is 2.23. The molecule has 3 rings (SSSR count). The smallest absolute Gasteiger partial charge is 0.220 e. The van der Waals surface area contributed by atoms with Crippen molar-refractivity contribution < 1.29 is 4.57 Å². The largest absolute Gasteiger partial charge is 0.371 e. The average Bonchev–Trinajstić information content (AvgIpc) is 2.79. The zero-order valence-electron chi connectivity index (χ0n) is 21.1. The molecule has 0 aliphatic carbocycles. The highest BCUT2D eigenvalue weighted by Crippen LogP contribution is 2.37. The molecule has 0 saturated carbocycles. The maximum absolute atomic E-state index is 2.60. The second kappa shape index (κ2) is 11.4. The summed E-state index contributed by atoms with van der Waals surface area (Å²) in [7, 11) is 2.18. The minimum absolute atomic E-state index is 1.10. The molecular formula is C29H42N3+. The number of hydrogen-bond donors (Lipinski definition) is 0. The van der Waals surface area contributed by atoms with Crippen molar-refractivity contribution in [3.63, 3.8) is 0 Å². The van der Waals surface area contributed by atoms with Crippen LogP contribution in [0.15, 0.2) is 48.7 Å². The van der Waals surface area contributed by atoms with Gasteiger partial charge in [-0.15, -0.1) is 0 Å². The molecule has 0 radical (unpaired) electrons. The number of nitrogens with zero attached hydrogens (tertiary/aromatic N) is 3. The van der Waals surface area contributed by atoms with Crippen molar-refractivity contribution in [3.8, 4) is 11.3 Å². The van der Waals surface area contributed by atoms with Crippen molar-refractivity contribution in [1.29, 1.82) is 0 Å². The van der Waals surface area contributed by atoms with Gasteiger partial charge in [0.1, 0.15) is 7.05 Å². The molecule has 0 amide bonds. The molecule has 1 aromatic heterocycles. The summed E-state index contributed by atoms with van der Waals surface area (Å²) >= 11 is 0. The Bertz CT molecular complexity index is 1010. The second-order valence-electron chi connectivity index (χ2n) is 8.97. The van der Waals surface area contributed by atoms with Crippen LogP contribution in [0.1, 0.15) is 58.9 Å². The monoisotopic (exact) mass is 432 g/mol. The van der Waals surface area contributed by atoms with Crippen LogP contribution in [0, 0.1) is 6.92 Å². The number of anilines is 2. The zero-order valence-corrected chi connectivity index (χ0v) is 21.1. The van der Waals surface area contributed by atoms with Gasteiger partial charge in [-0.25, -0.2) is 4.57 Å². The summed E-state index contributed by atoms with van der Waals surface area (Å²) < 4.78 is 2.30. The van der Waals surface area contributed by atoms with E-state index in [9.17, 15) is 0 Å². The molecular weight excluding hydrogens is 390 g/mol. The normalized spacial score (nSPS) is 11.2. The Hall–Kier alpha value is -2.55. The zero-order chi connectivity index (χ0) is 23.1. The van der Waals surface area contributed by atoms with Gasteiger partial charge >= 0.3 is 0 Å². The maximum Gasteiger partial charge on any atom is 0.220 e. The van der Waals surface area contributed by atoms with Crippen LogP contribution >= 0.6 is 0 Å². The first kappa shape index (κ1) is 24.1. The third kappa shape index (κ3) is 5.09. The highest BCUT2D eigenvalue weighted by molar-refractivity contribution is 5.95. The first-order valence-corrected chi connectivity index (χ1v) is 12.6. The number of rotatable bonds is 11. The van der Waals surface area contributed by atoms with Gasteiger partial charge in [0.15, 0.2) is 6.20 Å². The van der Waals surface area contributed by atoms with E-state index in [4.69, 9.17) is 0 Å². The van der Waals surface area contributed by atoms with Crippen LogP contribution in [0.4, 0.5) is 11.4 Å². The summed E-state index contributed by atoms with van der Waals surface area (Å²) in [6.07, 6.45) is 6.85. The van der Waals surface area contributed by atoms with E-state index in [-0.39, 0.29) is 0 Å². The predicted octanol–water partition coefficient (Wildman–Crippen LogP) is 6.89. The van der Waals surface area contributed by atoms with Gasteiger partial charge in [0.2, 0.25) is 5.69 Å². The van der Waals surface area contributed by atoms with Crippen LogP contribution in [0.25, 0.3) is 22.0 Å². The van der Waals surface area contributed by atoms with Crippen LogP contribution in [-0.4, -0.2) is 26.2 Å². The summed E-state index contributed by atoms with van der Waals surface area (Å²) in [5, 5.41) is 2.61. The van der Waals surface area contributed by atoms with Crippen molar-refractivity contribution in [1.82, 2.24) is 0 Å². The molecule has 0 spiro atoms. The standard InChI is InChI=1S/C29H42N3/c1-7-16-31(17-8-2)25-21-27(23(5)28(22-25)32(18-9-3)19-10-4)29-26-14-12-11-13-24(26)15-20-30(29)6/h11-15,20-22H,7-10,16-19H2,1-6H3/q+1. The molecule has 0 bridgehead atoms. The highest BCUT2D eigenvalue weighted by atomic mass is 15.1. The summed E-state index contributed by atoms with van der Waals surface area (Å²) in [6.45, 7) is 15.8. The van der Waals surface area contributed by atoms with E-state index >= 15 is 0 Å². The Morgan fingerprint density at radius 2 is 1.34 bits per heavy atom. The Balaban J connectivity index is 2.31. The maximum atomic E-state index is 2.60. The molecule has 0 unspecified atom stereocenters. The SMILES string of the molecule is CCCN(CCC)c1cc(-c2c3ccccc3cc[n+]2C)c(C)c(N(CCC)CCC)c1. The van der Waals surface area contributed by atoms with Crippen molar-refractivity contribution in [2.24, 2.45) is 7.05 Å². The Morgan fingerprint density at radius 1 is 0.750 bits per heavy atom. The molecule has 0 saturated heterocycles. The van der Waals surface area contributed by atoms with Crippen LogP contribution in [0.2, 0.25) is 0 Å². The average molecular weight is 433 g/mol. The van der Waals surface area contributed by atoms with Crippen LogP contribution in [-0.2, 0) is 7.05 Å². The Kier molecular flexibility index (Phi) is 8.55. The fraction of sp³-hybridized carbons (Fsp3) is 0.483. The van der Waals surface area contributed by atoms with Crippen molar-refractivity contribution in [2.75, 3.05) is 36.0 Å². The van der Waals surface area contributed by atoms with Gasteiger partial charge in [-0.05, 0) is 61.8 Å². The number of aryl methyl sites for hydroxylation is 1. The summed E-state index contributed by atoms with van der Waals surface area (Å²) in [6, 6.07) is 15.9. The third-order valence-corrected chi connectivity index (χ3v) is 6.35. The second-order valence-corrected chi connectivity index (χ2v) is 8.97. The lowest BCUT2D eigenvalue weighted by Crippen LogP contribution is -2.32. The van der Waals surface area contributed by atoms with E-state index in [1.165, 1.54) is 39.0 Å². The number of aromatic nitrogens is 1.